The quantitative estimate of drug-likeness (QED) is 0.356. The van der Waals surface area contributed by atoms with E-state index in [1.165, 1.54) is 19.3 Å². The van der Waals surface area contributed by atoms with Crippen LogP contribution in [0.4, 0.5) is 0 Å². The highest BCUT2D eigenvalue weighted by Gasteiger charge is 2.20. The molecule has 114 valence electrons. The van der Waals surface area contributed by atoms with Crippen molar-refractivity contribution in [2.75, 3.05) is 12.3 Å². The fourth-order valence-corrected chi connectivity index (χ4v) is 3.31. The molecule has 1 atom stereocenters. The van der Waals surface area contributed by atoms with Gasteiger partial charge in [0.25, 0.3) is 0 Å². The predicted molar refractivity (Wildman–Crippen MR) is 78.8 cm³/mol. The third-order valence-corrected chi connectivity index (χ3v) is 4.83. The van der Waals surface area contributed by atoms with E-state index in [1.54, 1.807) is 13.8 Å². The van der Waals surface area contributed by atoms with Crippen molar-refractivity contribution in [1.29, 1.82) is 0 Å². The molecule has 0 heterocycles. The molecule has 0 aromatic carbocycles. The maximum absolute atomic E-state index is 11.8. The zero-order valence-electron chi connectivity index (χ0n) is 12.6. The lowest BCUT2D eigenvalue weighted by molar-refractivity contribution is -0.146. The summed E-state index contributed by atoms with van der Waals surface area (Å²) in [6, 6.07) is 0. The van der Waals surface area contributed by atoms with Gasteiger partial charge in [-0.05, 0) is 20.3 Å². The first-order valence-corrected chi connectivity index (χ1v) is 9.40. The van der Waals surface area contributed by atoms with Crippen LogP contribution in [0.25, 0.3) is 0 Å². The molecule has 0 bridgehead atoms. The molecule has 0 rings (SSSR count). The van der Waals surface area contributed by atoms with Gasteiger partial charge in [0.05, 0.1) is 12.5 Å². The van der Waals surface area contributed by atoms with Crippen LogP contribution in [-0.4, -0.2) is 29.3 Å². The van der Waals surface area contributed by atoms with Gasteiger partial charge in [-0.1, -0.05) is 39.0 Å². The number of unbranched alkanes of at least 4 members (excludes halogenated alkanes) is 5. The normalized spacial score (nSPS) is 14.4. The molecule has 0 aliphatic carbocycles. The first-order valence-electron chi connectivity index (χ1n) is 7.37. The monoisotopic (exact) mass is 292 g/mol. The second kappa shape index (κ2) is 10.4. The molecule has 0 aliphatic heterocycles. The van der Waals surface area contributed by atoms with Crippen LogP contribution in [0.3, 0.4) is 0 Å². The highest BCUT2D eigenvalue weighted by atomic mass is 31.2. The van der Waals surface area contributed by atoms with Crippen LogP contribution in [0.5, 0.6) is 0 Å². The minimum Gasteiger partial charge on any atom is -0.463 e. The number of esters is 1. The van der Waals surface area contributed by atoms with Gasteiger partial charge in [0, 0.05) is 12.3 Å². The largest absolute Gasteiger partial charge is 0.463 e. The van der Waals surface area contributed by atoms with Gasteiger partial charge >= 0.3 is 5.97 Å². The minimum atomic E-state index is -3.15. The summed E-state index contributed by atoms with van der Waals surface area (Å²) in [5, 5.41) is 0. The summed E-state index contributed by atoms with van der Waals surface area (Å²) in [5.74, 6) is -0.382. The second-order valence-electron chi connectivity index (χ2n) is 5.35. The number of hydrogen-bond donors (Lipinski definition) is 1. The van der Waals surface area contributed by atoms with Crippen molar-refractivity contribution < 1.29 is 19.0 Å². The maximum Gasteiger partial charge on any atom is 0.306 e. The first-order chi connectivity index (χ1) is 8.87. The van der Waals surface area contributed by atoms with Crippen molar-refractivity contribution in [3.8, 4) is 0 Å². The average molecular weight is 292 g/mol. The van der Waals surface area contributed by atoms with Gasteiger partial charge in [-0.3, -0.25) is 9.36 Å². The molecule has 5 heteroatoms. The number of ether oxygens (including phenoxy) is 1. The molecule has 0 aromatic heterocycles. The molecule has 0 fully saturated rings. The van der Waals surface area contributed by atoms with Crippen molar-refractivity contribution in [2.45, 2.75) is 71.8 Å². The molecule has 1 unspecified atom stereocenters. The summed E-state index contributed by atoms with van der Waals surface area (Å²) >= 11 is 0. The zero-order valence-corrected chi connectivity index (χ0v) is 13.5. The summed E-state index contributed by atoms with van der Waals surface area (Å²) in [6.07, 6.45) is 6.80. The van der Waals surface area contributed by atoms with E-state index in [1.807, 2.05) is 0 Å². The Morgan fingerprint density at radius 3 is 2.26 bits per heavy atom. The lowest BCUT2D eigenvalue weighted by atomic mass is 10.1. The van der Waals surface area contributed by atoms with E-state index in [9.17, 15) is 14.3 Å². The molecule has 0 aliphatic rings. The highest BCUT2D eigenvalue weighted by molar-refractivity contribution is 7.58. The van der Waals surface area contributed by atoms with Gasteiger partial charge in [0.15, 0.2) is 0 Å². The molecular weight excluding hydrogens is 263 g/mol. The molecule has 0 amide bonds. The summed E-state index contributed by atoms with van der Waals surface area (Å²) < 4.78 is 16.8. The lowest BCUT2D eigenvalue weighted by Crippen LogP contribution is -2.13. The SMILES string of the molecule is CCCCCCCCP(=O)(O)CCC(=O)OC(C)C. The molecule has 0 radical (unpaired) electrons. The molecular formula is C14H29O4P. The van der Waals surface area contributed by atoms with Crippen LogP contribution in [0, 0.1) is 0 Å². The van der Waals surface area contributed by atoms with Crippen molar-refractivity contribution in [1.82, 2.24) is 0 Å². The smallest absolute Gasteiger partial charge is 0.306 e. The third kappa shape index (κ3) is 12.4. The summed E-state index contributed by atoms with van der Waals surface area (Å²) in [7, 11) is -3.15. The predicted octanol–water partition coefficient (Wildman–Crippen LogP) is 3.96. The highest BCUT2D eigenvalue weighted by Crippen LogP contribution is 2.42. The third-order valence-electron chi connectivity index (χ3n) is 2.89. The number of carbonyl (C=O) groups excluding carboxylic acids is 1. The van der Waals surface area contributed by atoms with E-state index in [0.717, 1.165) is 19.3 Å². The molecule has 0 saturated carbocycles. The second-order valence-corrected chi connectivity index (χ2v) is 7.94. The van der Waals surface area contributed by atoms with E-state index in [0.29, 0.717) is 6.16 Å². The van der Waals surface area contributed by atoms with Crippen LogP contribution in [-0.2, 0) is 14.1 Å². The van der Waals surface area contributed by atoms with Gasteiger partial charge in [-0.25, -0.2) is 0 Å². The number of hydrogen-bond acceptors (Lipinski definition) is 3. The topological polar surface area (TPSA) is 63.6 Å². The van der Waals surface area contributed by atoms with Crippen LogP contribution in [0.15, 0.2) is 0 Å². The lowest BCUT2D eigenvalue weighted by Gasteiger charge is -2.12. The number of carbonyl (C=O) groups is 1. The molecule has 1 N–H and O–H groups in total. The Labute approximate surface area is 117 Å². The van der Waals surface area contributed by atoms with E-state index in [-0.39, 0.29) is 24.7 Å². The van der Waals surface area contributed by atoms with Gasteiger partial charge < -0.3 is 9.63 Å². The summed E-state index contributed by atoms with van der Waals surface area (Å²) in [5.41, 5.74) is 0. The average Bonchev–Trinajstić information content (AvgIpc) is 2.30. The Morgan fingerprint density at radius 2 is 1.68 bits per heavy atom. The first kappa shape index (κ1) is 18.7. The van der Waals surface area contributed by atoms with E-state index in [4.69, 9.17) is 4.74 Å². The Kier molecular flexibility index (Phi) is 10.3. The van der Waals surface area contributed by atoms with Crippen molar-refractivity contribution >= 4 is 13.3 Å². The Bertz CT molecular complexity index is 289. The van der Waals surface area contributed by atoms with E-state index >= 15 is 0 Å². The van der Waals surface area contributed by atoms with Crippen LogP contribution in [0.2, 0.25) is 0 Å². The van der Waals surface area contributed by atoms with Gasteiger partial charge in [-0.15, -0.1) is 0 Å². The zero-order chi connectivity index (χ0) is 14.7. The number of rotatable bonds is 11. The van der Waals surface area contributed by atoms with Gasteiger partial charge in [-0.2, -0.15) is 0 Å². The Hall–Kier alpha value is -0.340. The maximum atomic E-state index is 11.8. The van der Waals surface area contributed by atoms with Crippen LogP contribution < -0.4 is 0 Å². The Balaban J connectivity index is 3.68. The fraction of sp³-hybridized carbons (Fsp3) is 0.929. The summed E-state index contributed by atoms with van der Waals surface area (Å²) in [4.78, 5) is 21.0. The van der Waals surface area contributed by atoms with Crippen LogP contribution >= 0.6 is 7.37 Å². The molecule has 19 heavy (non-hydrogen) atoms. The molecule has 0 aromatic rings. The molecule has 4 nitrogen and oxygen atoms in total. The van der Waals surface area contributed by atoms with Gasteiger partial charge in [0.1, 0.15) is 0 Å². The van der Waals surface area contributed by atoms with Crippen molar-refractivity contribution in [2.24, 2.45) is 0 Å². The minimum absolute atomic E-state index is 0.0434. The standard InChI is InChI=1S/C14H29O4P/c1-4-5-6-7-8-9-11-19(16,17)12-10-14(15)18-13(2)3/h13H,4-12H2,1-3H3,(H,16,17). The summed E-state index contributed by atoms with van der Waals surface area (Å²) in [6.45, 7) is 5.71. The van der Waals surface area contributed by atoms with Crippen LogP contribution in [0.1, 0.15) is 65.7 Å². The Morgan fingerprint density at radius 1 is 1.11 bits per heavy atom. The molecule has 0 saturated heterocycles. The van der Waals surface area contributed by atoms with E-state index in [2.05, 4.69) is 6.92 Å². The van der Waals surface area contributed by atoms with Gasteiger partial charge in [0.2, 0.25) is 7.37 Å². The van der Waals surface area contributed by atoms with Crippen molar-refractivity contribution in [3.05, 3.63) is 0 Å². The molecule has 0 spiro atoms. The van der Waals surface area contributed by atoms with E-state index < -0.39 is 7.37 Å². The fourth-order valence-electron chi connectivity index (χ4n) is 1.84. The van der Waals surface area contributed by atoms with Crippen molar-refractivity contribution in [3.63, 3.8) is 0 Å².